The minimum Gasteiger partial charge on any atom is -0.508 e. The summed E-state index contributed by atoms with van der Waals surface area (Å²) in [4.78, 5) is 2.44. The van der Waals surface area contributed by atoms with E-state index in [0.29, 0.717) is 18.1 Å². The first-order valence-corrected chi connectivity index (χ1v) is 10.1. The third-order valence-electron chi connectivity index (χ3n) is 5.52. The van der Waals surface area contributed by atoms with Gasteiger partial charge in [-0.2, -0.15) is 0 Å². The SMILES string of the molecule is C=CCc1cc(CN2CCCC(C)C2)c(O)c(-c2ccc(O)c(CC=C)c2)c1. The molecule has 1 atom stereocenters. The summed E-state index contributed by atoms with van der Waals surface area (Å²) in [6.07, 6.45) is 7.51. The molecule has 3 rings (SSSR count). The lowest BCUT2D eigenvalue weighted by molar-refractivity contribution is 0.175. The van der Waals surface area contributed by atoms with Crippen molar-refractivity contribution in [3.8, 4) is 22.6 Å². The Kier molecular flexibility index (Phi) is 6.58. The van der Waals surface area contributed by atoms with E-state index in [2.05, 4.69) is 31.0 Å². The molecule has 1 fully saturated rings. The van der Waals surface area contributed by atoms with Gasteiger partial charge in [0.25, 0.3) is 0 Å². The average Bonchev–Trinajstić information content (AvgIpc) is 2.66. The molecule has 1 aliphatic heterocycles. The highest BCUT2D eigenvalue weighted by Crippen LogP contribution is 2.37. The number of phenols is 2. The molecule has 2 aromatic rings. The lowest BCUT2D eigenvalue weighted by Gasteiger charge is -2.31. The van der Waals surface area contributed by atoms with Crippen LogP contribution in [0.5, 0.6) is 11.5 Å². The van der Waals surface area contributed by atoms with Gasteiger partial charge in [0.1, 0.15) is 11.5 Å². The summed E-state index contributed by atoms with van der Waals surface area (Å²) in [6.45, 7) is 12.8. The van der Waals surface area contributed by atoms with Crippen LogP contribution in [0.4, 0.5) is 0 Å². The van der Waals surface area contributed by atoms with Crippen LogP contribution in [-0.2, 0) is 19.4 Å². The van der Waals surface area contributed by atoms with Crippen LogP contribution in [0.2, 0.25) is 0 Å². The highest BCUT2D eigenvalue weighted by Gasteiger charge is 2.19. The molecule has 3 heteroatoms. The Balaban J connectivity index is 2.00. The fraction of sp³-hybridized carbons (Fsp3) is 0.360. The first kappa shape index (κ1) is 20.2. The third kappa shape index (κ3) is 4.66. The minimum atomic E-state index is 0.257. The molecular weight excluding hydrogens is 346 g/mol. The third-order valence-corrected chi connectivity index (χ3v) is 5.52. The predicted octanol–water partition coefficient (Wildman–Crippen LogP) is 5.45. The van der Waals surface area contributed by atoms with Gasteiger partial charge in [0.15, 0.2) is 0 Å². The van der Waals surface area contributed by atoms with Crippen molar-refractivity contribution in [2.24, 2.45) is 5.92 Å². The number of nitrogens with zero attached hydrogens (tertiary/aromatic N) is 1. The number of hydrogen-bond donors (Lipinski definition) is 2. The molecule has 0 radical (unpaired) electrons. The molecule has 1 saturated heterocycles. The van der Waals surface area contributed by atoms with Crippen LogP contribution in [0.25, 0.3) is 11.1 Å². The van der Waals surface area contributed by atoms with Gasteiger partial charge >= 0.3 is 0 Å². The molecule has 0 aromatic heterocycles. The fourth-order valence-electron chi connectivity index (χ4n) is 4.13. The van der Waals surface area contributed by atoms with Crippen molar-refractivity contribution >= 4 is 0 Å². The molecule has 28 heavy (non-hydrogen) atoms. The van der Waals surface area contributed by atoms with E-state index in [0.717, 1.165) is 53.9 Å². The Labute approximate surface area is 168 Å². The van der Waals surface area contributed by atoms with Gasteiger partial charge < -0.3 is 10.2 Å². The maximum atomic E-state index is 11.1. The fourth-order valence-corrected chi connectivity index (χ4v) is 4.13. The Morgan fingerprint density at radius 3 is 2.57 bits per heavy atom. The number of likely N-dealkylation sites (tertiary alicyclic amines) is 1. The maximum absolute atomic E-state index is 11.1. The zero-order valence-corrected chi connectivity index (χ0v) is 16.8. The average molecular weight is 378 g/mol. The Bertz CT molecular complexity index is 856. The molecule has 1 heterocycles. The monoisotopic (exact) mass is 377 g/mol. The highest BCUT2D eigenvalue weighted by molar-refractivity contribution is 5.74. The smallest absolute Gasteiger partial charge is 0.127 e. The van der Waals surface area contributed by atoms with Gasteiger partial charge in [-0.15, -0.1) is 13.2 Å². The lowest BCUT2D eigenvalue weighted by atomic mass is 9.94. The number of allylic oxidation sites excluding steroid dienone is 2. The number of benzene rings is 2. The van der Waals surface area contributed by atoms with Crippen LogP contribution >= 0.6 is 0 Å². The molecule has 2 aromatic carbocycles. The molecule has 0 aliphatic carbocycles. The van der Waals surface area contributed by atoms with Crippen LogP contribution in [-0.4, -0.2) is 28.2 Å². The maximum Gasteiger partial charge on any atom is 0.127 e. The number of rotatable bonds is 7. The Morgan fingerprint density at radius 1 is 1.07 bits per heavy atom. The normalized spacial score (nSPS) is 17.4. The number of phenolic OH excluding ortho intramolecular Hbond substituents is 2. The van der Waals surface area contributed by atoms with Gasteiger partial charge in [0, 0.05) is 24.2 Å². The summed E-state index contributed by atoms with van der Waals surface area (Å²) in [7, 11) is 0. The highest BCUT2D eigenvalue weighted by atomic mass is 16.3. The molecule has 0 saturated carbocycles. The summed E-state index contributed by atoms with van der Waals surface area (Å²) in [5.41, 5.74) is 4.63. The molecule has 3 nitrogen and oxygen atoms in total. The van der Waals surface area contributed by atoms with Crippen molar-refractivity contribution in [2.75, 3.05) is 13.1 Å². The van der Waals surface area contributed by atoms with Crippen molar-refractivity contribution in [2.45, 2.75) is 39.2 Å². The molecule has 1 unspecified atom stereocenters. The first-order valence-electron chi connectivity index (χ1n) is 10.1. The predicted molar refractivity (Wildman–Crippen MR) is 117 cm³/mol. The van der Waals surface area contributed by atoms with Gasteiger partial charge in [0.2, 0.25) is 0 Å². The van der Waals surface area contributed by atoms with Crippen molar-refractivity contribution in [3.05, 3.63) is 72.3 Å². The zero-order valence-electron chi connectivity index (χ0n) is 16.8. The number of aromatic hydroxyl groups is 2. The van der Waals surface area contributed by atoms with E-state index in [1.165, 1.54) is 12.8 Å². The van der Waals surface area contributed by atoms with Gasteiger partial charge in [-0.05, 0) is 73.0 Å². The van der Waals surface area contributed by atoms with Gasteiger partial charge in [-0.25, -0.2) is 0 Å². The van der Waals surface area contributed by atoms with E-state index in [4.69, 9.17) is 0 Å². The van der Waals surface area contributed by atoms with E-state index in [1.54, 1.807) is 12.1 Å². The van der Waals surface area contributed by atoms with Crippen molar-refractivity contribution < 1.29 is 10.2 Å². The minimum absolute atomic E-state index is 0.257. The second-order valence-corrected chi connectivity index (χ2v) is 7.96. The van der Waals surface area contributed by atoms with E-state index < -0.39 is 0 Å². The van der Waals surface area contributed by atoms with Crippen LogP contribution in [0.3, 0.4) is 0 Å². The van der Waals surface area contributed by atoms with E-state index >= 15 is 0 Å². The van der Waals surface area contributed by atoms with Crippen molar-refractivity contribution in [3.63, 3.8) is 0 Å². The zero-order chi connectivity index (χ0) is 20.1. The summed E-state index contributed by atoms with van der Waals surface area (Å²) in [5, 5.41) is 21.2. The summed E-state index contributed by atoms with van der Waals surface area (Å²) in [5.74, 6) is 1.29. The second kappa shape index (κ2) is 9.11. The number of hydrogen-bond acceptors (Lipinski definition) is 3. The van der Waals surface area contributed by atoms with Gasteiger partial charge in [-0.3, -0.25) is 4.90 Å². The molecule has 0 spiro atoms. The summed E-state index contributed by atoms with van der Waals surface area (Å²) >= 11 is 0. The molecule has 1 aliphatic rings. The van der Waals surface area contributed by atoms with Crippen molar-refractivity contribution in [1.82, 2.24) is 4.90 Å². The van der Waals surface area contributed by atoms with Crippen LogP contribution in [0, 0.1) is 5.92 Å². The summed E-state index contributed by atoms with van der Waals surface area (Å²) < 4.78 is 0. The van der Waals surface area contributed by atoms with E-state index in [-0.39, 0.29) is 5.75 Å². The quantitative estimate of drug-likeness (QED) is 0.630. The number of piperidine rings is 1. The largest absolute Gasteiger partial charge is 0.508 e. The topological polar surface area (TPSA) is 43.7 Å². The second-order valence-electron chi connectivity index (χ2n) is 7.96. The standard InChI is InChI=1S/C25H31NO2/c1-4-7-19-13-22(17-26-12-6-9-18(3)16-26)25(28)23(14-19)20-10-11-24(27)21(15-20)8-5-2/h4-5,10-11,13-15,18,27-28H,1-2,6-9,12,16-17H2,3H3. The van der Waals surface area contributed by atoms with Crippen LogP contribution < -0.4 is 0 Å². The molecular formula is C25H31NO2. The molecule has 0 bridgehead atoms. The molecule has 0 amide bonds. The Morgan fingerprint density at radius 2 is 1.86 bits per heavy atom. The van der Waals surface area contributed by atoms with Crippen LogP contribution in [0.15, 0.2) is 55.6 Å². The molecule has 2 N–H and O–H groups in total. The summed E-state index contributed by atoms with van der Waals surface area (Å²) in [6, 6.07) is 9.63. The van der Waals surface area contributed by atoms with E-state index in [9.17, 15) is 10.2 Å². The first-order chi connectivity index (χ1) is 13.5. The van der Waals surface area contributed by atoms with Crippen LogP contribution in [0.1, 0.15) is 36.5 Å². The van der Waals surface area contributed by atoms with Gasteiger partial charge in [0.05, 0.1) is 0 Å². The van der Waals surface area contributed by atoms with Crippen molar-refractivity contribution in [1.29, 1.82) is 0 Å². The molecule has 148 valence electrons. The lowest BCUT2D eigenvalue weighted by Crippen LogP contribution is -2.33. The Hall–Kier alpha value is -2.52. The van der Waals surface area contributed by atoms with E-state index in [1.807, 2.05) is 24.3 Å². The van der Waals surface area contributed by atoms with Gasteiger partial charge in [-0.1, -0.05) is 31.2 Å².